The van der Waals surface area contributed by atoms with Crippen LogP contribution in [-0.2, 0) is 0 Å². The molecule has 0 atom stereocenters. The molecule has 0 saturated heterocycles. The fourth-order valence-corrected chi connectivity index (χ4v) is 0.864. The Morgan fingerprint density at radius 3 is 1.80 bits per heavy atom. The van der Waals surface area contributed by atoms with Gasteiger partial charge < -0.3 is 0 Å². The Balaban J connectivity index is 3.56. The maximum Gasteiger partial charge on any atom is 0.318 e. The van der Waals surface area contributed by atoms with Crippen LogP contribution >= 0.6 is 35.1 Å². The van der Waals surface area contributed by atoms with E-state index in [4.69, 9.17) is 23.2 Å². The first kappa shape index (κ1) is 10.8. The molecule has 0 amide bonds. The van der Waals surface area contributed by atoms with Crippen LogP contribution in [0.4, 0.5) is 4.39 Å². The average molecular weight is 206 g/mol. The van der Waals surface area contributed by atoms with Gasteiger partial charge in [-0.05, 0) is 32.7 Å². The lowest BCUT2D eigenvalue weighted by atomic mass is 10.1. The molecule has 0 aromatic rings. The van der Waals surface area contributed by atoms with Crippen molar-refractivity contribution < 1.29 is 4.39 Å². The second-order valence-electron chi connectivity index (χ2n) is 2.90. The molecule has 0 aliphatic heterocycles. The molecule has 0 aliphatic carbocycles. The molecule has 0 aromatic carbocycles. The van der Waals surface area contributed by atoms with Gasteiger partial charge in [0, 0.05) is 5.54 Å². The lowest BCUT2D eigenvalue weighted by Crippen LogP contribution is -2.32. The minimum atomic E-state index is -2.24. The molecular weight excluding hydrogens is 196 g/mol. The van der Waals surface area contributed by atoms with E-state index in [1.807, 2.05) is 20.8 Å². The molecule has 0 fully saturated rings. The first-order valence-electron chi connectivity index (χ1n) is 2.73. The maximum atomic E-state index is 12.4. The quantitative estimate of drug-likeness (QED) is 0.550. The van der Waals surface area contributed by atoms with E-state index in [-0.39, 0.29) is 5.54 Å². The zero-order chi connectivity index (χ0) is 8.41. The second kappa shape index (κ2) is 3.48. The van der Waals surface area contributed by atoms with Crippen LogP contribution in [0.2, 0.25) is 0 Å². The standard InChI is InChI=1S/C5H10Cl2FNS/c1-4(2,3)9-10-5(6,7)8/h9H,1-3H3. The molecule has 5 heteroatoms. The number of hydrogen-bond donors (Lipinski definition) is 1. The van der Waals surface area contributed by atoms with Gasteiger partial charge in [-0.15, -0.1) is 0 Å². The number of halogens is 3. The number of rotatable bonds is 2. The highest BCUT2D eigenvalue weighted by Crippen LogP contribution is 2.34. The Kier molecular flexibility index (Phi) is 3.76. The van der Waals surface area contributed by atoms with Crippen molar-refractivity contribution in [2.75, 3.05) is 0 Å². The van der Waals surface area contributed by atoms with Gasteiger partial charge in [-0.3, -0.25) is 4.72 Å². The highest BCUT2D eigenvalue weighted by atomic mass is 35.5. The molecule has 10 heavy (non-hydrogen) atoms. The van der Waals surface area contributed by atoms with Crippen molar-refractivity contribution in [3.05, 3.63) is 0 Å². The highest BCUT2D eigenvalue weighted by Gasteiger charge is 2.25. The van der Waals surface area contributed by atoms with Crippen molar-refractivity contribution in [2.45, 2.75) is 30.2 Å². The van der Waals surface area contributed by atoms with Crippen molar-refractivity contribution >= 4 is 35.1 Å². The molecule has 0 radical (unpaired) electrons. The van der Waals surface area contributed by atoms with Gasteiger partial charge in [0.1, 0.15) is 0 Å². The van der Waals surface area contributed by atoms with Crippen LogP contribution in [-0.4, -0.2) is 9.46 Å². The van der Waals surface area contributed by atoms with Gasteiger partial charge in [0.25, 0.3) is 0 Å². The molecule has 0 spiro atoms. The van der Waals surface area contributed by atoms with Crippen molar-refractivity contribution in [2.24, 2.45) is 0 Å². The summed E-state index contributed by atoms with van der Waals surface area (Å²) in [4.78, 5) is 0. The highest BCUT2D eigenvalue weighted by molar-refractivity contribution is 8.01. The maximum absolute atomic E-state index is 12.4. The number of alkyl halides is 3. The molecule has 0 heterocycles. The van der Waals surface area contributed by atoms with E-state index in [2.05, 4.69) is 4.72 Å². The van der Waals surface area contributed by atoms with E-state index in [0.29, 0.717) is 11.9 Å². The van der Waals surface area contributed by atoms with Crippen molar-refractivity contribution in [3.63, 3.8) is 0 Å². The van der Waals surface area contributed by atoms with Gasteiger partial charge in [0.15, 0.2) is 0 Å². The zero-order valence-corrected chi connectivity index (χ0v) is 8.37. The first-order valence-corrected chi connectivity index (χ1v) is 4.30. The molecule has 0 aromatic heterocycles. The van der Waals surface area contributed by atoms with E-state index in [0.717, 1.165) is 0 Å². The number of hydrogen-bond acceptors (Lipinski definition) is 2. The van der Waals surface area contributed by atoms with Crippen molar-refractivity contribution in [1.29, 1.82) is 0 Å². The normalized spacial score (nSPS) is 13.8. The first-order chi connectivity index (χ1) is 4.21. The van der Waals surface area contributed by atoms with Crippen LogP contribution in [0, 0.1) is 0 Å². The Bertz CT molecular complexity index is 93.2. The molecule has 0 unspecified atom stereocenters. The Morgan fingerprint density at radius 1 is 1.30 bits per heavy atom. The van der Waals surface area contributed by atoms with Crippen molar-refractivity contribution in [1.82, 2.24) is 4.72 Å². The minimum Gasteiger partial charge on any atom is -0.254 e. The third kappa shape index (κ3) is 8.82. The summed E-state index contributed by atoms with van der Waals surface area (Å²) in [5.41, 5.74) is -0.189. The van der Waals surface area contributed by atoms with Crippen LogP contribution < -0.4 is 4.72 Å². The van der Waals surface area contributed by atoms with Crippen LogP contribution in [0.25, 0.3) is 0 Å². The smallest absolute Gasteiger partial charge is 0.254 e. The van der Waals surface area contributed by atoms with Crippen molar-refractivity contribution in [3.8, 4) is 0 Å². The van der Waals surface area contributed by atoms with E-state index in [9.17, 15) is 4.39 Å². The van der Waals surface area contributed by atoms with Crippen LogP contribution in [0.3, 0.4) is 0 Å². The van der Waals surface area contributed by atoms with Gasteiger partial charge in [-0.1, -0.05) is 23.2 Å². The summed E-state index contributed by atoms with van der Waals surface area (Å²) in [5, 5.41) is 0. The van der Waals surface area contributed by atoms with Crippen LogP contribution in [0.5, 0.6) is 0 Å². The molecule has 1 N–H and O–H groups in total. The Labute approximate surface area is 74.8 Å². The van der Waals surface area contributed by atoms with Gasteiger partial charge in [0.05, 0.1) is 0 Å². The van der Waals surface area contributed by atoms with Gasteiger partial charge in [-0.2, -0.15) is 4.39 Å². The van der Waals surface area contributed by atoms with E-state index in [1.54, 1.807) is 0 Å². The predicted molar refractivity (Wildman–Crippen MR) is 46.0 cm³/mol. The second-order valence-corrected chi connectivity index (χ2v) is 5.55. The Morgan fingerprint density at radius 2 is 1.70 bits per heavy atom. The van der Waals surface area contributed by atoms with Gasteiger partial charge in [0.2, 0.25) is 0 Å². The molecule has 62 valence electrons. The van der Waals surface area contributed by atoms with Crippen LogP contribution in [0.15, 0.2) is 0 Å². The minimum absolute atomic E-state index is 0.189. The molecule has 0 rings (SSSR count). The van der Waals surface area contributed by atoms with Crippen LogP contribution in [0.1, 0.15) is 20.8 Å². The van der Waals surface area contributed by atoms with Gasteiger partial charge >= 0.3 is 3.92 Å². The third-order valence-corrected chi connectivity index (χ3v) is 1.88. The summed E-state index contributed by atoms with van der Waals surface area (Å²) in [5.74, 6) is 0. The lowest BCUT2D eigenvalue weighted by Gasteiger charge is -2.21. The fourth-order valence-electron chi connectivity index (χ4n) is 0.211. The summed E-state index contributed by atoms with van der Waals surface area (Å²) < 4.78 is 12.8. The number of nitrogens with one attached hydrogen (secondary N) is 1. The average Bonchev–Trinajstić information content (AvgIpc) is 1.57. The van der Waals surface area contributed by atoms with E-state index < -0.39 is 3.92 Å². The summed E-state index contributed by atoms with van der Waals surface area (Å²) in [6.45, 7) is 5.67. The topological polar surface area (TPSA) is 12.0 Å². The lowest BCUT2D eigenvalue weighted by molar-refractivity contribution is 0.493. The monoisotopic (exact) mass is 205 g/mol. The van der Waals surface area contributed by atoms with E-state index in [1.165, 1.54) is 0 Å². The van der Waals surface area contributed by atoms with Gasteiger partial charge in [-0.25, -0.2) is 0 Å². The molecule has 0 aliphatic rings. The summed E-state index contributed by atoms with van der Waals surface area (Å²) in [6, 6.07) is 0. The molecule has 1 nitrogen and oxygen atoms in total. The molecule has 0 saturated carbocycles. The molecular formula is C5H10Cl2FNS. The Hall–Kier alpha value is 0.820. The fraction of sp³-hybridized carbons (Fsp3) is 1.00. The van der Waals surface area contributed by atoms with E-state index >= 15 is 0 Å². The molecule has 0 bridgehead atoms. The zero-order valence-electron chi connectivity index (χ0n) is 6.04. The predicted octanol–water partition coefficient (Wildman–Crippen LogP) is 3.08. The summed E-state index contributed by atoms with van der Waals surface area (Å²) in [7, 11) is 0. The summed E-state index contributed by atoms with van der Waals surface area (Å²) in [6.07, 6.45) is 0. The largest absolute Gasteiger partial charge is 0.318 e. The summed E-state index contributed by atoms with van der Waals surface area (Å²) >= 11 is 10.7. The SMILES string of the molecule is CC(C)(C)NSC(F)(Cl)Cl. The third-order valence-electron chi connectivity index (χ3n) is 0.473.